The molecule has 3 heteroatoms. The summed E-state index contributed by atoms with van der Waals surface area (Å²) in [6.07, 6.45) is 3.49. The lowest BCUT2D eigenvalue weighted by Gasteiger charge is -2.26. The van der Waals surface area contributed by atoms with E-state index in [1.165, 1.54) is 12.5 Å². The Hall–Kier alpha value is -1.25. The molecule has 0 bridgehead atoms. The molecule has 0 atom stereocenters. The molecule has 1 aliphatic heterocycles. The van der Waals surface area contributed by atoms with Crippen LogP contribution >= 0.6 is 0 Å². The van der Waals surface area contributed by atoms with E-state index in [1.54, 1.807) is 6.07 Å². The van der Waals surface area contributed by atoms with Gasteiger partial charge in [-0.05, 0) is 36.8 Å². The molecule has 2 N–H and O–H groups in total. The topological polar surface area (TPSA) is 29.3 Å². The third kappa shape index (κ3) is 2.71. The summed E-state index contributed by atoms with van der Waals surface area (Å²) in [6.45, 7) is 6.52. The first-order valence-corrected chi connectivity index (χ1v) is 6.28. The molecule has 0 saturated carbocycles. The lowest BCUT2D eigenvalue weighted by atomic mass is 9.85. The van der Waals surface area contributed by atoms with Gasteiger partial charge in [0.2, 0.25) is 0 Å². The fourth-order valence-corrected chi connectivity index (χ4v) is 2.47. The van der Waals surface area contributed by atoms with Crippen LogP contribution in [0.15, 0.2) is 18.2 Å². The quantitative estimate of drug-likeness (QED) is 0.757. The fourth-order valence-electron chi connectivity index (χ4n) is 2.47. The Labute approximate surface area is 103 Å². The molecule has 94 valence electrons. The molecule has 0 aromatic heterocycles. The van der Waals surface area contributed by atoms with Crippen LogP contribution in [0.5, 0.6) is 0 Å². The van der Waals surface area contributed by atoms with Gasteiger partial charge in [0.25, 0.3) is 0 Å². The van der Waals surface area contributed by atoms with E-state index in [9.17, 15) is 4.39 Å². The largest absolute Gasteiger partial charge is 0.395 e. The predicted molar refractivity (Wildman–Crippen MR) is 70.7 cm³/mol. The van der Waals surface area contributed by atoms with E-state index >= 15 is 0 Å². The normalized spacial score (nSPS) is 20.1. The van der Waals surface area contributed by atoms with Crippen LogP contribution in [-0.4, -0.2) is 13.1 Å². The highest BCUT2D eigenvalue weighted by molar-refractivity contribution is 5.68. The lowest BCUT2D eigenvalue weighted by Crippen LogP contribution is -2.26. The van der Waals surface area contributed by atoms with Gasteiger partial charge in [-0.15, -0.1) is 0 Å². The number of benzene rings is 1. The van der Waals surface area contributed by atoms with Crippen molar-refractivity contribution >= 4 is 11.4 Å². The van der Waals surface area contributed by atoms with E-state index in [2.05, 4.69) is 18.7 Å². The summed E-state index contributed by atoms with van der Waals surface area (Å²) in [7, 11) is 0. The molecule has 0 radical (unpaired) electrons. The van der Waals surface area contributed by atoms with Crippen LogP contribution in [0.3, 0.4) is 0 Å². The summed E-state index contributed by atoms with van der Waals surface area (Å²) in [6, 6.07) is 5.06. The fraction of sp³-hybridized carbons (Fsp3) is 0.571. The highest BCUT2D eigenvalue weighted by Crippen LogP contribution is 2.33. The molecule has 2 nitrogen and oxygen atoms in total. The van der Waals surface area contributed by atoms with Crippen LogP contribution in [-0.2, 0) is 0 Å². The minimum Gasteiger partial charge on any atom is -0.395 e. The number of halogens is 1. The molecule has 1 heterocycles. The van der Waals surface area contributed by atoms with Crippen molar-refractivity contribution in [2.75, 3.05) is 23.7 Å². The van der Waals surface area contributed by atoms with Gasteiger partial charge in [-0.2, -0.15) is 0 Å². The average Bonchev–Trinajstić information content (AvgIpc) is 2.44. The Morgan fingerprint density at radius 2 is 2.00 bits per heavy atom. The molecule has 1 aromatic rings. The van der Waals surface area contributed by atoms with Crippen molar-refractivity contribution in [3.05, 3.63) is 24.0 Å². The van der Waals surface area contributed by atoms with Gasteiger partial charge in [-0.25, -0.2) is 4.39 Å². The summed E-state index contributed by atoms with van der Waals surface area (Å²) in [5, 5.41) is 0. The molecule has 1 saturated heterocycles. The Morgan fingerprint density at radius 3 is 2.76 bits per heavy atom. The first kappa shape index (κ1) is 12.2. The van der Waals surface area contributed by atoms with E-state index in [-0.39, 0.29) is 11.5 Å². The molecule has 2 rings (SSSR count). The van der Waals surface area contributed by atoms with Crippen molar-refractivity contribution in [3.63, 3.8) is 0 Å². The van der Waals surface area contributed by atoms with Crippen molar-refractivity contribution in [2.45, 2.75) is 33.1 Å². The zero-order valence-electron chi connectivity index (χ0n) is 10.7. The standard InChI is InChI=1S/C14H21FN2/c1-14(2)7-4-9-17(10-8-14)12-6-3-5-11(15)13(12)16/h3,5-6H,4,7-10,16H2,1-2H3. The Balaban J connectivity index is 2.20. The molecular formula is C14H21FN2. The molecular weight excluding hydrogens is 215 g/mol. The first-order valence-electron chi connectivity index (χ1n) is 6.28. The van der Waals surface area contributed by atoms with Crippen molar-refractivity contribution < 1.29 is 4.39 Å². The number of para-hydroxylation sites is 1. The maximum absolute atomic E-state index is 13.4. The molecule has 0 unspecified atom stereocenters. The van der Waals surface area contributed by atoms with E-state index in [4.69, 9.17) is 5.73 Å². The maximum atomic E-state index is 13.4. The van der Waals surface area contributed by atoms with Crippen molar-refractivity contribution in [3.8, 4) is 0 Å². The number of hydrogen-bond acceptors (Lipinski definition) is 2. The van der Waals surface area contributed by atoms with Crippen molar-refractivity contribution in [2.24, 2.45) is 5.41 Å². The summed E-state index contributed by atoms with van der Waals surface area (Å²) >= 11 is 0. The summed E-state index contributed by atoms with van der Waals surface area (Å²) < 4.78 is 13.4. The van der Waals surface area contributed by atoms with Crippen LogP contribution < -0.4 is 10.6 Å². The molecule has 17 heavy (non-hydrogen) atoms. The van der Waals surface area contributed by atoms with Crippen LogP contribution in [0, 0.1) is 11.2 Å². The Kier molecular flexibility index (Phi) is 3.27. The molecule has 0 amide bonds. The van der Waals surface area contributed by atoms with Gasteiger partial charge < -0.3 is 10.6 Å². The Bertz CT molecular complexity index is 401. The van der Waals surface area contributed by atoms with Gasteiger partial charge in [0, 0.05) is 13.1 Å². The van der Waals surface area contributed by atoms with Crippen LogP contribution in [0.2, 0.25) is 0 Å². The minimum atomic E-state index is -0.314. The zero-order valence-corrected chi connectivity index (χ0v) is 10.7. The molecule has 1 aromatic carbocycles. The van der Waals surface area contributed by atoms with Crippen molar-refractivity contribution in [1.29, 1.82) is 0 Å². The van der Waals surface area contributed by atoms with Crippen LogP contribution in [0.1, 0.15) is 33.1 Å². The monoisotopic (exact) mass is 236 g/mol. The molecule has 0 aliphatic carbocycles. The van der Waals surface area contributed by atoms with Gasteiger partial charge in [-0.1, -0.05) is 19.9 Å². The SMILES string of the molecule is CC1(C)CCCN(c2cccc(F)c2N)CC1. The number of rotatable bonds is 1. The molecule has 0 spiro atoms. The molecule has 1 aliphatic rings. The number of anilines is 2. The third-order valence-electron chi connectivity index (χ3n) is 3.71. The summed E-state index contributed by atoms with van der Waals surface area (Å²) in [4.78, 5) is 2.22. The average molecular weight is 236 g/mol. The first-order chi connectivity index (χ1) is 7.99. The van der Waals surface area contributed by atoms with Gasteiger partial charge in [0.15, 0.2) is 0 Å². The predicted octanol–water partition coefficient (Wildman–Crippen LogP) is 3.42. The van der Waals surface area contributed by atoms with E-state index < -0.39 is 0 Å². The van der Waals surface area contributed by atoms with Gasteiger partial charge in [0.1, 0.15) is 5.82 Å². The molecule has 1 fully saturated rings. The number of hydrogen-bond donors (Lipinski definition) is 1. The lowest BCUT2D eigenvalue weighted by molar-refractivity contribution is 0.325. The zero-order chi connectivity index (χ0) is 12.5. The third-order valence-corrected chi connectivity index (χ3v) is 3.71. The highest BCUT2D eigenvalue weighted by Gasteiger charge is 2.24. The van der Waals surface area contributed by atoms with E-state index in [0.717, 1.165) is 31.6 Å². The smallest absolute Gasteiger partial charge is 0.148 e. The van der Waals surface area contributed by atoms with Crippen LogP contribution in [0.25, 0.3) is 0 Å². The second kappa shape index (κ2) is 4.55. The van der Waals surface area contributed by atoms with Gasteiger partial charge in [0.05, 0.1) is 11.4 Å². The van der Waals surface area contributed by atoms with E-state index in [1.807, 2.05) is 6.07 Å². The van der Waals surface area contributed by atoms with Crippen LogP contribution in [0.4, 0.5) is 15.8 Å². The maximum Gasteiger partial charge on any atom is 0.148 e. The summed E-state index contributed by atoms with van der Waals surface area (Å²) in [5.41, 5.74) is 7.34. The highest BCUT2D eigenvalue weighted by atomic mass is 19.1. The summed E-state index contributed by atoms with van der Waals surface area (Å²) in [5.74, 6) is -0.314. The number of nitrogen functional groups attached to an aromatic ring is 1. The number of nitrogens with two attached hydrogens (primary N) is 1. The second-order valence-electron chi connectivity index (χ2n) is 5.68. The second-order valence-corrected chi connectivity index (χ2v) is 5.68. The minimum absolute atomic E-state index is 0.284. The van der Waals surface area contributed by atoms with Crippen molar-refractivity contribution in [1.82, 2.24) is 0 Å². The van der Waals surface area contributed by atoms with Gasteiger partial charge in [-0.3, -0.25) is 0 Å². The van der Waals surface area contributed by atoms with E-state index in [0.29, 0.717) is 5.41 Å². The Morgan fingerprint density at radius 1 is 1.24 bits per heavy atom. The van der Waals surface area contributed by atoms with Gasteiger partial charge >= 0.3 is 0 Å². The number of nitrogens with zero attached hydrogens (tertiary/aromatic N) is 1.